The molecule has 2 N–H and O–H groups in total. The van der Waals surface area contributed by atoms with E-state index in [1.807, 2.05) is 12.1 Å². The summed E-state index contributed by atoms with van der Waals surface area (Å²) in [5.74, 6) is 0.928. The molecule has 19 heavy (non-hydrogen) atoms. The Kier molecular flexibility index (Phi) is 5.67. The monoisotopic (exact) mass is 263 g/mol. The average Bonchev–Trinajstić information content (AvgIpc) is 2.96. The van der Waals surface area contributed by atoms with Crippen LogP contribution < -0.4 is 10.5 Å². The predicted molar refractivity (Wildman–Crippen MR) is 77.4 cm³/mol. The zero-order chi connectivity index (χ0) is 13.5. The van der Waals surface area contributed by atoms with E-state index in [0.29, 0.717) is 6.10 Å². The lowest BCUT2D eigenvalue weighted by molar-refractivity contribution is 0.101. The summed E-state index contributed by atoms with van der Waals surface area (Å²) in [7, 11) is 0. The second-order valence-corrected chi connectivity index (χ2v) is 5.24. The molecule has 3 nitrogen and oxygen atoms in total. The maximum atomic E-state index is 6.23. The van der Waals surface area contributed by atoms with Crippen molar-refractivity contribution in [1.29, 1.82) is 0 Å². The number of hydrogen-bond acceptors (Lipinski definition) is 3. The van der Waals surface area contributed by atoms with Crippen molar-refractivity contribution >= 4 is 0 Å². The van der Waals surface area contributed by atoms with Gasteiger partial charge < -0.3 is 15.2 Å². The summed E-state index contributed by atoms with van der Waals surface area (Å²) >= 11 is 0. The van der Waals surface area contributed by atoms with Crippen molar-refractivity contribution < 1.29 is 9.47 Å². The first-order valence-electron chi connectivity index (χ1n) is 7.39. The first kappa shape index (κ1) is 14.4. The fourth-order valence-electron chi connectivity index (χ4n) is 2.44. The third-order valence-electron chi connectivity index (χ3n) is 3.60. The molecule has 0 spiro atoms. The molecule has 0 saturated carbocycles. The quantitative estimate of drug-likeness (QED) is 0.819. The van der Waals surface area contributed by atoms with Crippen molar-refractivity contribution in [1.82, 2.24) is 0 Å². The van der Waals surface area contributed by atoms with Crippen LogP contribution in [0.2, 0.25) is 0 Å². The largest absolute Gasteiger partial charge is 0.494 e. The summed E-state index contributed by atoms with van der Waals surface area (Å²) in [5.41, 5.74) is 7.41. The third kappa shape index (κ3) is 4.51. The van der Waals surface area contributed by atoms with Crippen molar-refractivity contribution in [3.8, 4) is 5.75 Å². The van der Waals surface area contributed by atoms with Crippen LogP contribution in [-0.2, 0) is 4.74 Å². The SMILES string of the molecule is CCCOc1ccc(C(N)CCC2CCCO2)cc1. The highest BCUT2D eigenvalue weighted by atomic mass is 16.5. The van der Waals surface area contributed by atoms with Crippen LogP contribution in [0.3, 0.4) is 0 Å². The zero-order valence-electron chi connectivity index (χ0n) is 11.8. The van der Waals surface area contributed by atoms with Gasteiger partial charge in [-0.3, -0.25) is 0 Å². The molecule has 0 aliphatic carbocycles. The molecule has 0 amide bonds. The van der Waals surface area contributed by atoms with E-state index in [1.165, 1.54) is 18.4 Å². The lowest BCUT2D eigenvalue weighted by Gasteiger charge is -2.15. The maximum Gasteiger partial charge on any atom is 0.119 e. The van der Waals surface area contributed by atoms with Crippen LogP contribution in [0.4, 0.5) is 0 Å². The first-order valence-corrected chi connectivity index (χ1v) is 7.39. The average molecular weight is 263 g/mol. The van der Waals surface area contributed by atoms with Gasteiger partial charge in [-0.2, -0.15) is 0 Å². The molecule has 1 heterocycles. The van der Waals surface area contributed by atoms with Gasteiger partial charge in [-0.25, -0.2) is 0 Å². The van der Waals surface area contributed by atoms with Gasteiger partial charge in [0.05, 0.1) is 12.7 Å². The Morgan fingerprint density at radius 3 is 2.79 bits per heavy atom. The van der Waals surface area contributed by atoms with E-state index >= 15 is 0 Å². The van der Waals surface area contributed by atoms with Crippen molar-refractivity contribution in [2.45, 2.75) is 51.2 Å². The van der Waals surface area contributed by atoms with E-state index in [4.69, 9.17) is 15.2 Å². The molecule has 2 rings (SSSR count). The summed E-state index contributed by atoms with van der Waals surface area (Å²) in [6.45, 7) is 3.79. The maximum absolute atomic E-state index is 6.23. The van der Waals surface area contributed by atoms with Crippen molar-refractivity contribution in [3.63, 3.8) is 0 Å². The van der Waals surface area contributed by atoms with Gasteiger partial charge in [0, 0.05) is 12.6 Å². The van der Waals surface area contributed by atoms with Crippen molar-refractivity contribution in [3.05, 3.63) is 29.8 Å². The number of benzene rings is 1. The van der Waals surface area contributed by atoms with Crippen molar-refractivity contribution in [2.75, 3.05) is 13.2 Å². The molecule has 1 fully saturated rings. The molecule has 1 aliphatic rings. The Morgan fingerprint density at radius 1 is 1.37 bits per heavy atom. The Labute approximate surface area is 116 Å². The molecule has 0 bridgehead atoms. The van der Waals surface area contributed by atoms with Crippen LogP contribution in [0.1, 0.15) is 50.6 Å². The summed E-state index contributed by atoms with van der Waals surface area (Å²) < 4.78 is 11.2. The minimum Gasteiger partial charge on any atom is -0.494 e. The summed E-state index contributed by atoms with van der Waals surface area (Å²) in [6.07, 6.45) is 5.90. The molecular weight excluding hydrogens is 238 g/mol. The number of hydrogen-bond donors (Lipinski definition) is 1. The summed E-state index contributed by atoms with van der Waals surface area (Å²) in [5, 5.41) is 0. The highest BCUT2D eigenvalue weighted by Crippen LogP contribution is 2.23. The van der Waals surface area contributed by atoms with E-state index < -0.39 is 0 Å². The fraction of sp³-hybridized carbons (Fsp3) is 0.625. The Bertz CT molecular complexity index is 358. The Balaban J connectivity index is 1.79. The van der Waals surface area contributed by atoms with Gasteiger partial charge in [0.1, 0.15) is 5.75 Å². The van der Waals surface area contributed by atoms with E-state index in [0.717, 1.165) is 38.2 Å². The molecule has 106 valence electrons. The van der Waals surface area contributed by atoms with E-state index in [9.17, 15) is 0 Å². The van der Waals surface area contributed by atoms with Gasteiger partial charge >= 0.3 is 0 Å². The summed E-state index contributed by atoms with van der Waals surface area (Å²) in [6, 6.07) is 8.27. The van der Waals surface area contributed by atoms with Gasteiger partial charge in [-0.15, -0.1) is 0 Å². The molecule has 1 saturated heterocycles. The molecule has 2 unspecified atom stereocenters. The van der Waals surface area contributed by atoms with Crippen LogP contribution in [0.5, 0.6) is 5.75 Å². The smallest absolute Gasteiger partial charge is 0.119 e. The third-order valence-corrected chi connectivity index (χ3v) is 3.60. The van der Waals surface area contributed by atoms with Gasteiger partial charge in [0.15, 0.2) is 0 Å². The molecule has 2 atom stereocenters. The molecule has 1 aromatic carbocycles. The predicted octanol–water partition coefficient (Wildman–Crippen LogP) is 3.43. The zero-order valence-corrected chi connectivity index (χ0v) is 11.8. The van der Waals surface area contributed by atoms with Gasteiger partial charge in [-0.1, -0.05) is 19.1 Å². The number of rotatable bonds is 7. The van der Waals surface area contributed by atoms with Gasteiger partial charge in [0.25, 0.3) is 0 Å². The second-order valence-electron chi connectivity index (χ2n) is 5.24. The normalized spacial score (nSPS) is 20.4. The van der Waals surface area contributed by atoms with Gasteiger partial charge in [-0.05, 0) is 49.8 Å². The first-order chi connectivity index (χ1) is 9.29. The van der Waals surface area contributed by atoms with Crippen LogP contribution in [0, 0.1) is 0 Å². The van der Waals surface area contributed by atoms with Crippen LogP contribution in [-0.4, -0.2) is 19.3 Å². The summed E-state index contributed by atoms with van der Waals surface area (Å²) in [4.78, 5) is 0. The van der Waals surface area contributed by atoms with Crippen LogP contribution >= 0.6 is 0 Å². The van der Waals surface area contributed by atoms with Crippen molar-refractivity contribution in [2.24, 2.45) is 5.73 Å². The molecular formula is C16H25NO2. The molecule has 1 aromatic rings. The number of nitrogens with two attached hydrogens (primary N) is 1. The topological polar surface area (TPSA) is 44.5 Å². The van der Waals surface area contributed by atoms with E-state index in [-0.39, 0.29) is 6.04 Å². The van der Waals surface area contributed by atoms with E-state index in [2.05, 4.69) is 19.1 Å². The Morgan fingerprint density at radius 2 is 2.16 bits per heavy atom. The standard InChI is InChI=1S/C16H25NO2/c1-2-11-18-15-7-5-13(6-8-15)16(17)10-9-14-4-3-12-19-14/h5-8,14,16H,2-4,9-12,17H2,1H3. The van der Waals surface area contributed by atoms with Gasteiger partial charge in [0.2, 0.25) is 0 Å². The van der Waals surface area contributed by atoms with E-state index in [1.54, 1.807) is 0 Å². The highest BCUT2D eigenvalue weighted by molar-refractivity contribution is 5.29. The minimum atomic E-state index is 0.101. The second kappa shape index (κ2) is 7.51. The minimum absolute atomic E-state index is 0.101. The number of ether oxygens (including phenoxy) is 2. The fourth-order valence-corrected chi connectivity index (χ4v) is 2.44. The van der Waals surface area contributed by atoms with Crippen LogP contribution in [0.25, 0.3) is 0 Å². The lowest BCUT2D eigenvalue weighted by atomic mass is 10.00. The molecule has 3 heteroatoms. The molecule has 1 aliphatic heterocycles. The Hall–Kier alpha value is -1.06. The molecule has 0 radical (unpaired) electrons. The lowest BCUT2D eigenvalue weighted by Crippen LogP contribution is -2.14. The van der Waals surface area contributed by atoms with Crippen LogP contribution in [0.15, 0.2) is 24.3 Å². The highest BCUT2D eigenvalue weighted by Gasteiger charge is 2.17. The molecule has 0 aromatic heterocycles.